The number of aliphatic imine (C=N–C) groups is 1. The van der Waals surface area contributed by atoms with E-state index in [0.717, 1.165) is 24.4 Å². The van der Waals surface area contributed by atoms with E-state index in [9.17, 15) is 0 Å². The Morgan fingerprint density at radius 2 is 2.06 bits per heavy atom. The Bertz CT molecular complexity index is 402. The Morgan fingerprint density at radius 3 is 2.59 bits per heavy atom. The number of hydrogen-bond donors (Lipinski definition) is 1. The van der Waals surface area contributed by atoms with Crippen molar-refractivity contribution >= 4 is 34.7 Å². The van der Waals surface area contributed by atoms with Crippen LogP contribution < -0.4 is 5.32 Å². The largest absolute Gasteiger partial charge is 0.344 e. The molecule has 0 radical (unpaired) electrons. The minimum atomic E-state index is 0.416. The van der Waals surface area contributed by atoms with Gasteiger partial charge in [-0.2, -0.15) is 0 Å². The van der Waals surface area contributed by atoms with Gasteiger partial charge in [-0.25, -0.2) is 0 Å². The second-order valence-corrected chi connectivity index (χ2v) is 4.87. The van der Waals surface area contributed by atoms with Crippen LogP contribution in [0.3, 0.4) is 0 Å². The standard InChI is InChI=1S/C13H18Cl2N2/c1-4-5-9(2)13(16-3)17-10-6-7-11(14)12(15)8-10/h6-9H,4-5H2,1-3H3,(H,16,17). The summed E-state index contributed by atoms with van der Waals surface area (Å²) in [5, 5.41) is 4.40. The molecule has 0 aliphatic heterocycles. The van der Waals surface area contributed by atoms with Gasteiger partial charge < -0.3 is 5.32 Å². The van der Waals surface area contributed by atoms with Crippen LogP contribution in [0, 0.1) is 5.92 Å². The van der Waals surface area contributed by atoms with Crippen LogP contribution in [0.1, 0.15) is 26.7 Å². The lowest BCUT2D eigenvalue weighted by Crippen LogP contribution is -2.20. The molecule has 1 unspecified atom stereocenters. The fourth-order valence-corrected chi connectivity index (χ4v) is 1.99. The molecule has 17 heavy (non-hydrogen) atoms. The minimum Gasteiger partial charge on any atom is -0.344 e. The maximum Gasteiger partial charge on any atom is 0.103 e. The summed E-state index contributed by atoms with van der Waals surface area (Å²) in [5.74, 6) is 1.39. The lowest BCUT2D eigenvalue weighted by Gasteiger charge is -2.16. The Hall–Kier alpha value is -0.730. The molecule has 0 bridgehead atoms. The number of anilines is 1. The highest BCUT2D eigenvalue weighted by molar-refractivity contribution is 6.42. The van der Waals surface area contributed by atoms with E-state index in [4.69, 9.17) is 23.2 Å². The van der Waals surface area contributed by atoms with E-state index in [-0.39, 0.29) is 0 Å². The smallest absolute Gasteiger partial charge is 0.103 e. The molecule has 1 rings (SSSR count). The summed E-state index contributed by atoms with van der Waals surface area (Å²) < 4.78 is 0. The van der Waals surface area contributed by atoms with Crippen molar-refractivity contribution in [3.05, 3.63) is 28.2 Å². The zero-order chi connectivity index (χ0) is 12.8. The van der Waals surface area contributed by atoms with E-state index in [2.05, 4.69) is 24.2 Å². The molecule has 1 aromatic rings. The van der Waals surface area contributed by atoms with Crippen LogP contribution in [0.2, 0.25) is 10.0 Å². The van der Waals surface area contributed by atoms with Gasteiger partial charge in [0, 0.05) is 18.7 Å². The molecule has 0 fully saturated rings. The molecule has 4 heteroatoms. The zero-order valence-corrected chi connectivity index (χ0v) is 11.9. The molecule has 0 aliphatic rings. The molecule has 1 N–H and O–H groups in total. The van der Waals surface area contributed by atoms with E-state index in [0.29, 0.717) is 16.0 Å². The number of halogens is 2. The summed E-state index contributed by atoms with van der Waals surface area (Å²) in [6.45, 7) is 4.33. The van der Waals surface area contributed by atoms with Gasteiger partial charge in [-0.15, -0.1) is 0 Å². The zero-order valence-electron chi connectivity index (χ0n) is 10.4. The number of rotatable bonds is 4. The molecule has 0 amide bonds. The summed E-state index contributed by atoms with van der Waals surface area (Å²) in [6, 6.07) is 5.50. The number of nitrogens with zero attached hydrogens (tertiary/aromatic N) is 1. The average molecular weight is 273 g/mol. The molecule has 0 aliphatic carbocycles. The monoisotopic (exact) mass is 272 g/mol. The molecule has 94 valence electrons. The number of benzene rings is 1. The maximum absolute atomic E-state index is 5.97. The third-order valence-corrected chi connectivity index (χ3v) is 3.36. The first-order valence-electron chi connectivity index (χ1n) is 5.77. The summed E-state index contributed by atoms with van der Waals surface area (Å²) in [7, 11) is 1.80. The SMILES string of the molecule is CCCC(C)C(=NC)Nc1ccc(Cl)c(Cl)c1. The third-order valence-electron chi connectivity index (χ3n) is 2.62. The number of amidine groups is 1. The second-order valence-electron chi connectivity index (χ2n) is 4.05. The summed E-state index contributed by atoms with van der Waals surface area (Å²) in [6.07, 6.45) is 2.25. The fraction of sp³-hybridized carbons (Fsp3) is 0.462. The lowest BCUT2D eigenvalue weighted by molar-refractivity contribution is 0.664. The van der Waals surface area contributed by atoms with Gasteiger partial charge in [0.1, 0.15) is 5.84 Å². The molecule has 0 saturated heterocycles. The Kier molecular flexibility index (Phi) is 5.79. The molecular weight excluding hydrogens is 255 g/mol. The van der Waals surface area contributed by atoms with Crippen molar-refractivity contribution < 1.29 is 0 Å². The summed E-state index contributed by atoms with van der Waals surface area (Å²) in [4.78, 5) is 4.28. The number of nitrogens with one attached hydrogen (secondary N) is 1. The van der Waals surface area contributed by atoms with Crippen molar-refractivity contribution in [2.24, 2.45) is 10.9 Å². The van der Waals surface area contributed by atoms with Crippen molar-refractivity contribution in [3.8, 4) is 0 Å². The maximum atomic E-state index is 5.97. The first-order valence-corrected chi connectivity index (χ1v) is 6.52. The Balaban J connectivity index is 2.78. The van der Waals surface area contributed by atoms with Crippen molar-refractivity contribution in [3.63, 3.8) is 0 Å². The minimum absolute atomic E-state index is 0.416. The molecule has 0 saturated carbocycles. The molecule has 0 aromatic heterocycles. The van der Waals surface area contributed by atoms with E-state index in [1.807, 2.05) is 12.1 Å². The van der Waals surface area contributed by atoms with Crippen molar-refractivity contribution in [2.45, 2.75) is 26.7 Å². The molecule has 1 aromatic carbocycles. The fourth-order valence-electron chi connectivity index (χ4n) is 1.69. The van der Waals surface area contributed by atoms with Gasteiger partial charge in [-0.05, 0) is 24.6 Å². The van der Waals surface area contributed by atoms with Crippen LogP contribution in [-0.4, -0.2) is 12.9 Å². The predicted octanol–water partition coefficient (Wildman–Crippen LogP) is 4.87. The normalized spacial score (nSPS) is 13.6. The van der Waals surface area contributed by atoms with Crippen molar-refractivity contribution in [1.29, 1.82) is 0 Å². The molecule has 0 heterocycles. The lowest BCUT2D eigenvalue weighted by atomic mass is 10.0. The van der Waals surface area contributed by atoms with E-state index in [1.165, 1.54) is 0 Å². The molecule has 2 nitrogen and oxygen atoms in total. The van der Waals surface area contributed by atoms with E-state index < -0.39 is 0 Å². The van der Waals surface area contributed by atoms with Gasteiger partial charge in [0.25, 0.3) is 0 Å². The van der Waals surface area contributed by atoms with Crippen LogP contribution in [-0.2, 0) is 0 Å². The predicted molar refractivity (Wildman–Crippen MR) is 77.5 cm³/mol. The van der Waals surface area contributed by atoms with Crippen LogP contribution in [0.5, 0.6) is 0 Å². The van der Waals surface area contributed by atoms with E-state index in [1.54, 1.807) is 13.1 Å². The molecule has 0 spiro atoms. The van der Waals surface area contributed by atoms with Crippen LogP contribution in [0.4, 0.5) is 5.69 Å². The van der Waals surface area contributed by atoms with E-state index >= 15 is 0 Å². The highest BCUT2D eigenvalue weighted by Gasteiger charge is 2.09. The van der Waals surface area contributed by atoms with Gasteiger partial charge in [0.2, 0.25) is 0 Å². The van der Waals surface area contributed by atoms with Gasteiger partial charge in [-0.1, -0.05) is 43.5 Å². The van der Waals surface area contributed by atoms with Gasteiger partial charge in [0.05, 0.1) is 10.0 Å². The van der Waals surface area contributed by atoms with Crippen LogP contribution in [0.15, 0.2) is 23.2 Å². The summed E-state index contributed by atoms with van der Waals surface area (Å²) >= 11 is 11.8. The van der Waals surface area contributed by atoms with Crippen molar-refractivity contribution in [1.82, 2.24) is 0 Å². The van der Waals surface area contributed by atoms with Gasteiger partial charge in [-0.3, -0.25) is 4.99 Å². The first kappa shape index (κ1) is 14.3. The Morgan fingerprint density at radius 1 is 1.35 bits per heavy atom. The quantitative estimate of drug-likeness (QED) is 0.614. The average Bonchev–Trinajstić information content (AvgIpc) is 2.30. The Labute approximate surface area is 113 Å². The first-order chi connectivity index (χ1) is 8.08. The van der Waals surface area contributed by atoms with Gasteiger partial charge >= 0.3 is 0 Å². The molecule has 1 atom stereocenters. The number of hydrogen-bond acceptors (Lipinski definition) is 1. The topological polar surface area (TPSA) is 24.4 Å². The van der Waals surface area contributed by atoms with Gasteiger partial charge in [0.15, 0.2) is 0 Å². The second kappa shape index (κ2) is 6.87. The highest BCUT2D eigenvalue weighted by atomic mass is 35.5. The highest BCUT2D eigenvalue weighted by Crippen LogP contribution is 2.25. The van der Waals surface area contributed by atoms with Crippen molar-refractivity contribution in [2.75, 3.05) is 12.4 Å². The summed E-state index contributed by atoms with van der Waals surface area (Å²) in [5.41, 5.74) is 0.919. The van der Waals surface area contributed by atoms with Crippen LogP contribution in [0.25, 0.3) is 0 Å². The third kappa shape index (κ3) is 4.21. The van der Waals surface area contributed by atoms with Crippen LogP contribution >= 0.6 is 23.2 Å². The molecular formula is C13H18Cl2N2.